The quantitative estimate of drug-likeness (QED) is 0.497. The zero-order valence-corrected chi connectivity index (χ0v) is 22.3. The number of carbonyl (C=O) groups excluding carboxylic acids is 1. The van der Waals surface area contributed by atoms with Gasteiger partial charge in [-0.3, -0.25) is 14.2 Å². The number of ether oxygens (including phenoxy) is 3. The number of benzene rings is 1. The summed E-state index contributed by atoms with van der Waals surface area (Å²) in [5.41, 5.74) is -0.418. The van der Waals surface area contributed by atoms with Gasteiger partial charge in [-0.25, -0.2) is 0 Å². The fourth-order valence-corrected chi connectivity index (χ4v) is 5.02. The molecule has 3 heterocycles. The Bertz CT molecular complexity index is 1200. The fraction of sp³-hybridized carbons (Fsp3) is 0.615. The summed E-state index contributed by atoms with van der Waals surface area (Å²) in [6, 6.07) is 3.30. The SMILES string of the molecule is Cn1c(C(C)(C)C)cc(=NC(=O)c2cc(C(F)(F)F)cc(Cl)c2OC[C@@H]2CCCO2)n1C[C@H]1CCCO1. The fourth-order valence-electron chi connectivity index (χ4n) is 4.74. The van der Waals surface area contributed by atoms with Gasteiger partial charge in [0.15, 0.2) is 11.2 Å². The number of alkyl halides is 3. The summed E-state index contributed by atoms with van der Waals surface area (Å²) < 4.78 is 61.6. The van der Waals surface area contributed by atoms with E-state index in [1.807, 2.05) is 37.2 Å². The highest BCUT2D eigenvalue weighted by Crippen LogP contribution is 2.38. The van der Waals surface area contributed by atoms with E-state index in [0.717, 1.165) is 43.5 Å². The second-order valence-electron chi connectivity index (χ2n) is 10.6. The topological polar surface area (TPSA) is 67.0 Å². The summed E-state index contributed by atoms with van der Waals surface area (Å²) in [5.74, 6) is -1.00. The first-order valence-electron chi connectivity index (χ1n) is 12.5. The van der Waals surface area contributed by atoms with Gasteiger partial charge in [0.05, 0.1) is 34.9 Å². The van der Waals surface area contributed by atoms with Gasteiger partial charge in [-0.05, 0) is 37.8 Å². The Labute approximate surface area is 219 Å². The molecule has 1 amide bonds. The maximum Gasteiger partial charge on any atom is 0.416 e. The van der Waals surface area contributed by atoms with Gasteiger partial charge >= 0.3 is 6.18 Å². The van der Waals surface area contributed by atoms with Gasteiger partial charge in [-0.1, -0.05) is 32.4 Å². The molecule has 0 aliphatic carbocycles. The third-order valence-electron chi connectivity index (χ3n) is 6.67. The van der Waals surface area contributed by atoms with Crippen LogP contribution in [0.4, 0.5) is 13.2 Å². The molecule has 2 atom stereocenters. The predicted molar refractivity (Wildman–Crippen MR) is 132 cm³/mol. The third-order valence-corrected chi connectivity index (χ3v) is 6.95. The molecule has 2 aliphatic heterocycles. The summed E-state index contributed by atoms with van der Waals surface area (Å²) in [5, 5.41) is -0.304. The molecule has 0 unspecified atom stereocenters. The molecule has 2 aliphatic rings. The van der Waals surface area contributed by atoms with Crippen molar-refractivity contribution in [3.63, 3.8) is 0 Å². The molecule has 1 aromatic carbocycles. The minimum absolute atomic E-state index is 0.0382. The average molecular weight is 544 g/mol. The van der Waals surface area contributed by atoms with E-state index in [0.29, 0.717) is 25.2 Å². The van der Waals surface area contributed by atoms with E-state index in [2.05, 4.69) is 4.99 Å². The van der Waals surface area contributed by atoms with Crippen LogP contribution in [0.25, 0.3) is 0 Å². The van der Waals surface area contributed by atoms with Crippen LogP contribution in [-0.4, -0.2) is 47.3 Å². The second kappa shape index (κ2) is 10.8. The third kappa shape index (κ3) is 6.41. The molecule has 37 heavy (non-hydrogen) atoms. The Balaban J connectivity index is 1.78. The lowest BCUT2D eigenvalue weighted by molar-refractivity contribution is -0.137. The number of amides is 1. The largest absolute Gasteiger partial charge is 0.488 e. The van der Waals surface area contributed by atoms with Crippen molar-refractivity contribution in [2.75, 3.05) is 19.8 Å². The van der Waals surface area contributed by atoms with Crippen molar-refractivity contribution < 1.29 is 32.2 Å². The van der Waals surface area contributed by atoms with Gasteiger partial charge in [0.2, 0.25) is 0 Å². The molecule has 11 heteroatoms. The molecule has 0 saturated carbocycles. The maximum atomic E-state index is 13.6. The minimum atomic E-state index is -4.70. The van der Waals surface area contributed by atoms with Gasteiger partial charge in [-0.2, -0.15) is 18.2 Å². The standard InChI is InChI=1S/C26H33ClF3N3O4/c1-25(2,3)21-13-22(33(32(21)4)14-17-7-5-9-35-17)31-24(34)19-11-16(26(28,29)30)12-20(27)23(19)37-15-18-8-6-10-36-18/h11-13,17-18H,5-10,14-15H2,1-4H3/t17-,18+/m1/s1. The van der Waals surface area contributed by atoms with Gasteiger partial charge in [0.25, 0.3) is 5.91 Å². The Kier molecular flexibility index (Phi) is 8.11. The van der Waals surface area contributed by atoms with E-state index < -0.39 is 17.6 Å². The maximum absolute atomic E-state index is 13.6. The molecule has 1 aromatic heterocycles. The molecular weight excluding hydrogens is 511 g/mol. The molecule has 2 fully saturated rings. The zero-order valence-electron chi connectivity index (χ0n) is 21.5. The molecule has 4 rings (SSSR count). The number of aromatic nitrogens is 2. The van der Waals surface area contributed by atoms with Gasteiger partial charge < -0.3 is 14.2 Å². The summed E-state index contributed by atoms with van der Waals surface area (Å²) in [6.45, 7) is 7.90. The van der Waals surface area contributed by atoms with Crippen LogP contribution in [-0.2, 0) is 34.7 Å². The van der Waals surface area contributed by atoms with Crippen LogP contribution in [0, 0.1) is 0 Å². The van der Waals surface area contributed by atoms with Crippen LogP contribution in [0.15, 0.2) is 23.2 Å². The van der Waals surface area contributed by atoms with Crippen LogP contribution >= 0.6 is 11.6 Å². The first-order chi connectivity index (χ1) is 17.3. The number of nitrogens with zero attached hydrogens (tertiary/aromatic N) is 3. The Morgan fingerprint density at radius 3 is 2.32 bits per heavy atom. The second-order valence-corrected chi connectivity index (χ2v) is 11.0. The highest BCUT2D eigenvalue weighted by Gasteiger charge is 2.34. The lowest BCUT2D eigenvalue weighted by atomic mass is 9.92. The minimum Gasteiger partial charge on any atom is -0.488 e. The molecular formula is C26H33ClF3N3O4. The normalized spacial score (nSPS) is 21.1. The lowest BCUT2D eigenvalue weighted by Crippen LogP contribution is -2.30. The van der Waals surface area contributed by atoms with E-state index in [1.54, 1.807) is 6.07 Å². The smallest absolute Gasteiger partial charge is 0.416 e. The number of carbonyl (C=O) groups is 1. The van der Waals surface area contributed by atoms with Crippen LogP contribution < -0.4 is 10.2 Å². The van der Waals surface area contributed by atoms with Crippen LogP contribution in [0.5, 0.6) is 5.75 Å². The number of hydrogen-bond donors (Lipinski definition) is 0. The van der Waals surface area contributed by atoms with Crippen LogP contribution in [0.3, 0.4) is 0 Å². The molecule has 0 bridgehead atoms. The first kappa shape index (κ1) is 27.7. The van der Waals surface area contributed by atoms with Crippen molar-refractivity contribution >= 4 is 17.5 Å². The predicted octanol–water partition coefficient (Wildman–Crippen LogP) is 5.27. The van der Waals surface area contributed by atoms with Crippen molar-refractivity contribution in [1.82, 2.24) is 9.36 Å². The van der Waals surface area contributed by atoms with Crippen LogP contribution in [0.2, 0.25) is 5.02 Å². The highest BCUT2D eigenvalue weighted by molar-refractivity contribution is 6.32. The Hall–Kier alpha value is -2.30. The monoisotopic (exact) mass is 543 g/mol. The van der Waals surface area contributed by atoms with E-state index in [-0.39, 0.29) is 40.6 Å². The Morgan fingerprint density at radius 1 is 1.11 bits per heavy atom. The van der Waals surface area contributed by atoms with Crippen molar-refractivity contribution in [2.24, 2.45) is 12.0 Å². The molecule has 7 nitrogen and oxygen atoms in total. The van der Waals surface area contributed by atoms with Crippen molar-refractivity contribution in [1.29, 1.82) is 0 Å². The lowest BCUT2D eigenvalue weighted by Gasteiger charge is -2.21. The summed E-state index contributed by atoms with van der Waals surface area (Å²) in [6.07, 6.45) is -1.50. The number of halogens is 4. The van der Waals surface area contributed by atoms with E-state index in [9.17, 15) is 18.0 Å². The molecule has 0 spiro atoms. The van der Waals surface area contributed by atoms with Crippen molar-refractivity contribution in [3.05, 3.63) is 45.5 Å². The number of rotatable bonds is 6. The zero-order chi connectivity index (χ0) is 27.0. The summed E-state index contributed by atoms with van der Waals surface area (Å²) in [4.78, 5) is 17.7. The van der Waals surface area contributed by atoms with Gasteiger partial charge in [0, 0.05) is 37.4 Å². The Morgan fingerprint density at radius 2 is 1.76 bits per heavy atom. The molecule has 2 saturated heterocycles. The van der Waals surface area contributed by atoms with Crippen molar-refractivity contribution in [2.45, 2.75) is 76.8 Å². The summed E-state index contributed by atoms with van der Waals surface area (Å²) in [7, 11) is 1.87. The first-order valence-corrected chi connectivity index (χ1v) is 12.9. The molecule has 0 radical (unpaired) electrons. The highest BCUT2D eigenvalue weighted by atomic mass is 35.5. The molecule has 0 N–H and O–H groups in total. The summed E-state index contributed by atoms with van der Waals surface area (Å²) >= 11 is 6.22. The molecule has 204 valence electrons. The van der Waals surface area contributed by atoms with Crippen molar-refractivity contribution in [3.8, 4) is 5.75 Å². The van der Waals surface area contributed by atoms with E-state index in [1.165, 1.54) is 0 Å². The molecule has 2 aromatic rings. The van der Waals surface area contributed by atoms with Gasteiger partial charge in [-0.15, -0.1) is 0 Å². The van der Waals surface area contributed by atoms with Gasteiger partial charge in [0.1, 0.15) is 6.61 Å². The van der Waals surface area contributed by atoms with E-state index >= 15 is 0 Å². The van der Waals surface area contributed by atoms with E-state index in [4.69, 9.17) is 25.8 Å². The number of hydrogen-bond acceptors (Lipinski definition) is 4. The van der Waals surface area contributed by atoms with Crippen LogP contribution in [0.1, 0.15) is 68.1 Å². The average Bonchev–Trinajstić information content (AvgIpc) is 3.56.